The summed E-state index contributed by atoms with van der Waals surface area (Å²) in [6.45, 7) is 1.73. The molecular formula is C11H13BrN2O. The van der Waals surface area contributed by atoms with Crippen LogP contribution in [0.15, 0.2) is 28.7 Å². The summed E-state index contributed by atoms with van der Waals surface area (Å²) in [6.07, 6.45) is 0.930. The van der Waals surface area contributed by atoms with Crippen LogP contribution in [-0.2, 0) is 4.79 Å². The van der Waals surface area contributed by atoms with Gasteiger partial charge in [0.05, 0.1) is 5.92 Å². The van der Waals surface area contributed by atoms with Crippen LogP contribution in [0.2, 0.25) is 0 Å². The Balaban J connectivity index is 1.99. The third kappa shape index (κ3) is 2.79. The zero-order chi connectivity index (χ0) is 10.7. The molecular weight excluding hydrogens is 256 g/mol. The Morgan fingerprint density at radius 2 is 2.40 bits per heavy atom. The van der Waals surface area contributed by atoms with E-state index in [2.05, 4.69) is 26.6 Å². The van der Waals surface area contributed by atoms with Crippen molar-refractivity contribution < 1.29 is 4.79 Å². The molecule has 0 aliphatic carbocycles. The standard InChI is InChI=1S/C11H13BrN2O/c12-9-2-1-3-10(6-9)14-11(15)8-4-5-13-7-8/h1-3,6,8,13H,4-5,7H2,(H,14,15)/t8-/m0/s1. The zero-order valence-corrected chi connectivity index (χ0v) is 9.88. The highest BCUT2D eigenvalue weighted by atomic mass is 79.9. The maximum Gasteiger partial charge on any atom is 0.228 e. The first-order valence-electron chi connectivity index (χ1n) is 5.03. The quantitative estimate of drug-likeness (QED) is 0.862. The molecule has 3 nitrogen and oxygen atoms in total. The van der Waals surface area contributed by atoms with Crippen molar-refractivity contribution in [3.63, 3.8) is 0 Å². The zero-order valence-electron chi connectivity index (χ0n) is 8.29. The third-order valence-electron chi connectivity index (χ3n) is 2.52. The van der Waals surface area contributed by atoms with E-state index in [0.717, 1.165) is 29.7 Å². The summed E-state index contributed by atoms with van der Waals surface area (Å²) in [5.41, 5.74) is 0.848. The van der Waals surface area contributed by atoms with Crippen LogP contribution >= 0.6 is 15.9 Å². The first kappa shape index (κ1) is 10.6. The van der Waals surface area contributed by atoms with E-state index in [9.17, 15) is 4.79 Å². The monoisotopic (exact) mass is 268 g/mol. The van der Waals surface area contributed by atoms with Crippen LogP contribution in [-0.4, -0.2) is 19.0 Å². The summed E-state index contributed by atoms with van der Waals surface area (Å²) in [6, 6.07) is 7.64. The number of nitrogens with one attached hydrogen (secondary N) is 2. The van der Waals surface area contributed by atoms with Gasteiger partial charge in [-0.2, -0.15) is 0 Å². The molecule has 0 unspecified atom stereocenters. The predicted molar refractivity (Wildman–Crippen MR) is 63.7 cm³/mol. The van der Waals surface area contributed by atoms with Crippen molar-refractivity contribution in [2.75, 3.05) is 18.4 Å². The molecule has 1 amide bonds. The Morgan fingerprint density at radius 1 is 1.53 bits per heavy atom. The van der Waals surface area contributed by atoms with Gasteiger partial charge >= 0.3 is 0 Å². The van der Waals surface area contributed by atoms with Crippen molar-refractivity contribution in [1.29, 1.82) is 0 Å². The molecule has 1 aliphatic rings. The lowest BCUT2D eigenvalue weighted by atomic mass is 10.1. The van der Waals surface area contributed by atoms with Gasteiger partial charge in [0.1, 0.15) is 0 Å². The highest BCUT2D eigenvalue weighted by Crippen LogP contribution is 2.17. The van der Waals surface area contributed by atoms with Crippen molar-refractivity contribution >= 4 is 27.5 Å². The molecule has 80 valence electrons. The Hall–Kier alpha value is -0.870. The second kappa shape index (κ2) is 4.77. The predicted octanol–water partition coefficient (Wildman–Crippen LogP) is 2.00. The minimum absolute atomic E-state index is 0.109. The van der Waals surface area contributed by atoms with Crippen molar-refractivity contribution in [3.05, 3.63) is 28.7 Å². The number of amides is 1. The first-order valence-corrected chi connectivity index (χ1v) is 5.82. The number of rotatable bonds is 2. The van der Waals surface area contributed by atoms with E-state index in [4.69, 9.17) is 0 Å². The lowest BCUT2D eigenvalue weighted by Gasteiger charge is -2.09. The molecule has 1 aliphatic heterocycles. The van der Waals surface area contributed by atoms with E-state index in [1.807, 2.05) is 24.3 Å². The molecule has 1 saturated heterocycles. The normalized spacial score (nSPS) is 20.2. The van der Waals surface area contributed by atoms with Crippen LogP contribution < -0.4 is 10.6 Å². The molecule has 0 spiro atoms. The summed E-state index contributed by atoms with van der Waals surface area (Å²) in [5.74, 6) is 0.224. The fourth-order valence-electron chi connectivity index (χ4n) is 1.69. The molecule has 2 N–H and O–H groups in total. The van der Waals surface area contributed by atoms with Gasteiger partial charge in [0.25, 0.3) is 0 Å². The third-order valence-corrected chi connectivity index (χ3v) is 3.02. The smallest absolute Gasteiger partial charge is 0.228 e. The van der Waals surface area contributed by atoms with Gasteiger partial charge < -0.3 is 10.6 Å². The number of halogens is 1. The number of hydrogen-bond donors (Lipinski definition) is 2. The fraction of sp³-hybridized carbons (Fsp3) is 0.364. The topological polar surface area (TPSA) is 41.1 Å². The van der Waals surface area contributed by atoms with Gasteiger partial charge in [-0.05, 0) is 31.2 Å². The number of hydrogen-bond acceptors (Lipinski definition) is 2. The Morgan fingerprint density at radius 3 is 3.07 bits per heavy atom. The maximum atomic E-state index is 11.8. The molecule has 2 rings (SSSR count). The number of anilines is 1. The number of carbonyl (C=O) groups excluding carboxylic acids is 1. The lowest BCUT2D eigenvalue weighted by Crippen LogP contribution is -2.24. The van der Waals surface area contributed by atoms with Crippen molar-refractivity contribution in [3.8, 4) is 0 Å². The van der Waals surface area contributed by atoms with Crippen LogP contribution in [0.1, 0.15) is 6.42 Å². The van der Waals surface area contributed by atoms with E-state index in [1.54, 1.807) is 0 Å². The number of benzene rings is 1. The minimum Gasteiger partial charge on any atom is -0.326 e. The van der Waals surface area contributed by atoms with E-state index >= 15 is 0 Å². The second-order valence-electron chi connectivity index (χ2n) is 3.69. The fourth-order valence-corrected chi connectivity index (χ4v) is 2.09. The van der Waals surface area contributed by atoms with Gasteiger partial charge in [0.15, 0.2) is 0 Å². The van der Waals surface area contributed by atoms with E-state index < -0.39 is 0 Å². The minimum atomic E-state index is 0.109. The Labute approximate surface area is 97.4 Å². The molecule has 4 heteroatoms. The summed E-state index contributed by atoms with van der Waals surface area (Å²) < 4.78 is 0.977. The summed E-state index contributed by atoms with van der Waals surface area (Å²) in [7, 11) is 0. The molecule has 0 bridgehead atoms. The van der Waals surface area contributed by atoms with Gasteiger partial charge in [-0.3, -0.25) is 4.79 Å². The molecule has 1 heterocycles. The van der Waals surface area contributed by atoms with Crippen LogP contribution in [0.25, 0.3) is 0 Å². The van der Waals surface area contributed by atoms with Gasteiger partial charge in [0, 0.05) is 16.7 Å². The maximum absolute atomic E-state index is 11.8. The van der Waals surface area contributed by atoms with Crippen molar-refractivity contribution in [2.45, 2.75) is 6.42 Å². The van der Waals surface area contributed by atoms with Crippen LogP contribution in [0, 0.1) is 5.92 Å². The highest BCUT2D eigenvalue weighted by molar-refractivity contribution is 9.10. The molecule has 15 heavy (non-hydrogen) atoms. The largest absolute Gasteiger partial charge is 0.326 e. The molecule has 0 radical (unpaired) electrons. The molecule has 1 fully saturated rings. The van der Waals surface area contributed by atoms with Crippen molar-refractivity contribution in [2.24, 2.45) is 5.92 Å². The highest BCUT2D eigenvalue weighted by Gasteiger charge is 2.22. The van der Waals surface area contributed by atoms with E-state index in [1.165, 1.54) is 0 Å². The van der Waals surface area contributed by atoms with E-state index in [0.29, 0.717) is 0 Å². The van der Waals surface area contributed by atoms with E-state index in [-0.39, 0.29) is 11.8 Å². The van der Waals surface area contributed by atoms with Crippen LogP contribution in [0.5, 0.6) is 0 Å². The van der Waals surface area contributed by atoms with Gasteiger partial charge in [-0.15, -0.1) is 0 Å². The van der Waals surface area contributed by atoms with Gasteiger partial charge in [-0.1, -0.05) is 22.0 Å². The van der Waals surface area contributed by atoms with Crippen molar-refractivity contribution in [1.82, 2.24) is 5.32 Å². The van der Waals surface area contributed by atoms with Gasteiger partial charge in [-0.25, -0.2) is 0 Å². The molecule has 1 aromatic carbocycles. The second-order valence-corrected chi connectivity index (χ2v) is 4.60. The lowest BCUT2D eigenvalue weighted by molar-refractivity contribution is -0.119. The van der Waals surface area contributed by atoms with Crippen LogP contribution in [0.4, 0.5) is 5.69 Å². The summed E-state index contributed by atoms with van der Waals surface area (Å²) in [5, 5.41) is 6.10. The van der Waals surface area contributed by atoms with Gasteiger partial charge in [0.2, 0.25) is 5.91 Å². The molecule has 1 aromatic rings. The van der Waals surface area contributed by atoms with Crippen LogP contribution in [0.3, 0.4) is 0 Å². The average Bonchev–Trinajstić information content (AvgIpc) is 2.70. The molecule has 0 saturated carbocycles. The first-order chi connectivity index (χ1) is 7.25. The Bertz CT molecular complexity index is 361. The molecule has 0 aromatic heterocycles. The Kier molecular flexibility index (Phi) is 3.38. The average molecular weight is 269 g/mol. The SMILES string of the molecule is O=C(Nc1cccc(Br)c1)[C@H]1CCNC1. The summed E-state index contributed by atoms with van der Waals surface area (Å²) >= 11 is 3.37. The summed E-state index contributed by atoms with van der Waals surface area (Å²) in [4.78, 5) is 11.8. The molecule has 1 atom stereocenters. The number of carbonyl (C=O) groups is 1.